The third-order valence-electron chi connectivity index (χ3n) is 4.01. The second-order valence-corrected chi connectivity index (χ2v) is 6.60. The molecule has 23 heavy (non-hydrogen) atoms. The lowest BCUT2D eigenvalue weighted by atomic mass is 9.82. The van der Waals surface area contributed by atoms with Gasteiger partial charge in [0, 0.05) is 26.3 Å². The maximum Gasteiger partial charge on any atom is 0.254 e. The molecule has 1 aliphatic rings. The van der Waals surface area contributed by atoms with E-state index >= 15 is 0 Å². The second-order valence-electron chi connectivity index (χ2n) is 6.19. The van der Waals surface area contributed by atoms with Gasteiger partial charge in [0.1, 0.15) is 0 Å². The predicted octanol–water partition coefficient (Wildman–Crippen LogP) is 2.79. The lowest BCUT2D eigenvalue weighted by Crippen LogP contribution is -2.46. The van der Waals surface area contributed by atoms with Crippen molar-refractivity contribution in [3.63, 3.8) is 0 Å². The highest BCUT2D eigenvalue weighted by Gasteiger charge is 2.34. The largest absolute Gasteiger partial charge is 0.345 e. The van der Waals surface area contributed by atoms with E-state index < -0.39 is 5.41 Å². The lowest BCUT2D eigenvalue weighted by Gasteiger charge is -2.32. The normalized spacial score (nSPS) is 20.3. The van der Waals surface area contributed by atoms with Crippen LogP contribution in [-0.2, 0) is 4.79 Å². The van der Waals surface area contributed by atoms with Crippen LogP contribution >= 0.6 is 24.0 Å². The standard InChI is InChI=1S/C16H22ClN3O2.ClH/c1-16(7-4-8-18-10-16)15(22)19-11-5-6-13(17)12(9-11)14(21)20(2)3;/h5-6,9,18H,4,7-8,10H2,1-3H3,(H,19,22);1H. The van der Waals surface area contributed by atoms with Gasteiger partial charge in [0.05, 0.1) is 16.0 Å². The summed E-state index contributed by atoms with van der Waals surface area (Å²) >= 11 is 6.08. The molecular weight excluding hydrogens is 337 g/mol. The van der Waals surface area contributed by atoms with E-state index in [1.807, 2.05) is 6.92 Å². The molecule has 2 rings (SSSR count). The van der Waals surface area contributed by atoms with Crippen LogP contribution < -0.4 is 10.6 Å². The van der Waals surface area contributed by atoms with Crippen LogP contribution in [0.15, 0.2) is 18.2 Å². The number of halogens is 2. The summed E-state index contributed by atoms with van der Waals surface area (Å²) in [5.41, 5.74) is 0.548. The average molecular weight is 360 g/mol. The third-order valence-corrected chi connectivity index (χ3v) is 4.34. The van der Waals surface area contributed by atoms with Crippen molar-refractivity contribution in [3.05, 3.63) is 28.8 Å². The molecule has 2 N–H and O–H groups in total. The lowest BCUT2D eigenvalue weighted by molar-refractivity contribution is -0.125. The van der Waals surface area contributed by atoms with Crippen molar-refractivity contribution < 1.29 is 9.59 Å². The van der Waals surface area contributed by atoms with Crippen LogP contribution in [-0.4, -0.2) is 43.9 Å². The number of anilines is 1. The van der Waals surface area contributed by atoms with Crippen LogP contribution in [0.25, 0.3) is 0 Å². The van der Waals surface area contributed by atoms with Gasteiger partial charge in [-0.15, -0.1) is 12.4 Å². The number of carbonyl (C=O) groups is 2. The molecule has 1 unspecified atom stereocenters. The summed E-state index contributed by atoms with van der Waals surface area (Å²) in [6, 6.07) is 4.98. The average Bonchev–Trinajstić information content (AvgIpc) is 2.49. The van der Waals surface area contributed by atoms with E-state index in [0.717, 1.165) is 19.4 Å². The molecule has 128 valence electrons. The first-order chi connectivity index (χ1) is 10.3. The fourth-order valence-electron chi connectivity index (χ4n) is 2.54. The Balaban J connectivity index is 0.00000264. The van der Waals surface area contributed by atoms with Gasteiger partial charge in [0.15, 0.2) is 0 Å². The van der Waals surface area contributed by atoms with Gasteiger partial charge in [-0.05, 0) is 44.5 Å². The molecule has 0 spiro atoms. The highest BCUT2D eigenvalue weighted by Crippen LogP contribution is 2.28. The molecule has 0 radical (unpaired) electrons. The molecule has 2 amide bonds. The molecule has 0 aromatic heterocycles. The molecule has 1 aromatic carbocycles. The van der Waals surface area contributed by atoms with Crippen LogP contribution in [0, 0.1) is 5.41 Å². The Morgan fingerprint density at radius 2 is 2.04 bits per heavy atom. The molecule has 5 nitrogen and oxygen atoms in total. The van der Waals surface area contributed by atoms with Crippen LogP contribution in [0.5, 0.6) is 0 Å². The predicted molar refractivity (Wildman–Crippen MR) is 95.6 cm³/mol. The zero-order valence-electron chi connectivity index (χ0n) is 13.6. The van der Waals surface area contributed by atoms with Crippen LogP contribution in [0.3, 0.4) is 0 Å². The first kappa shape index (κ1) is 19.7. The monoisotopic (exact) mass is 359 g/mol. The number of amides is 2. The van der Waals surface area contributed by atoms with E-state index in [4.69, 9.17) is 11.6 Å². The van der Waals surface area contributed by atoms with Gasteiger partial charge >= 0.3 is 0 Å². The highest BCUT2D eigenvalue weighted by atomic mass is 35.5. The minimum Gasteiger partial charge on any atom is -0.345 e. The van der Waals surface area contributed by atoms with E-state index in [1.54, 1.807) is 32.3 Å². The van der Waals surface area contributed by atoms with Crippen LogP contribution in [0.1, 0.15) is 30.1 Å². The van der Waals surface area contributed by atoms with Crippen molar-refractivity contribution in [2.75, 3.05) is 32.5 Å². The van der Waals surface area contributed by atoms with Gasteiger partial charge in [-0.2, -0.15) is 0 Å². The Bertz CT molecular complexity index is 585. The summed E-state index contributed by atoms with van der Waals surface area (Å²) in [7, 11) is 3.33. The quantitative estimate of drug-likeness (QED) is 0.872. The summed E-state index contributed by atoms with van der Waals surface area (Å²) < 4.78 is 0. The zero-order chi connectivity index (χ0) is 16.3. The number of nitrogens with one attached hydrogen (secondary N) is 2. The van der Waals surface area contributed by atoms with Gasteiger partial charge in [-0.3, -0.25) is 9.59 Å². The van der Waals surface area contributed by atoms with Gasteiger partial charge < -0.3 is 15.5 Å². The van der Waals surface area contributed by atoms with Crippen LogP contribution in [0.2, 0.25) is 5.02 Å². The Kier molecular flexibility index (Phi) is 6.86. The van der Waals surface area contributed by atoms with Crippen LogP contribution in [0.4, 0.5) is 5.69 Å². The molecule has 1 fully saturated rings. The van der Waals surface area contributed by atoms with Gasteiger partial charge in [-0.25, -0.2) is 0 Å². The first-order valence-electron chi connectivity index (χ1n) is 7.37. The molecule has 1 aliphatic heterocycles. The third kappa shape index (κ3) is 4.59. The number of carbonyl (C=O) groups excluding carboxylic acids is 2. The van der Waals surface area contributed by atoms with E-state index in [-0.39, 0.29) is 24.2 Å². The summed E-state index contributed by atoms with van der Waals surface area (Å²) in [5.74, 6) is -0.225. The second kappa shape index (κ2) is 7.99. The van der Waals surface area contributed by atoms with Gasteiger partial charge in [0.25, 0.3) is 5.91 Å². The number of nitrogens with zero attached hydrogens (tertiary/aromatic N) is 1. The maximum atomic E-state index is 12.5. The molecule has 1 atom stereocenters. The van der Waals surface area contributed by atoms with Crippen molar-refractivity contribution in [1.29, 1.82) is 0 Å². The topological polar surface area (TPSA) is 61.4 Å². The zero-order valence-corrected chi connectivity index (χ0v) is 15.2. The van der Waals surface area contributed by atoms with E-state index in [9.17, 15) is 9.59 Å². The number of hydrogen-bond acceptors (Lipinski definition) is 3. The van der Waals surface area contributed by atoms with Crippen molar-refractivity contribution in [3.8, 4) is 0 Å². The number of benzene rings is 1. The van der Waals surface area contributed by atoms with Crippen molar-refractivity contribution in [2.24, 2.45) is 5.41 Å². The first-order valence-corrected chi connectivity index (χ1v) is 7.75. The van der Waals surface area contributed by atoms with E-state index in [0.29, 0.717) is 22.8 Å². The fraction of sp³-hybridized carbons (Fsp3) is 0.500. The molecule has 0 aliphatic carbocycles. The van der Waals surface area contributed by atoms with Gasteiger partial charge in [-0.1, -0.05) is 11.6 Å². The fourth-order valence-corrected chi connectivity index (χ4v) is 2.74. The molecule has 7 heteroatoms. The summed E-state index contributed by atoms with van der Waals surface area (Å²) in [6.45, 7) is 3.57. The summed E-state index contributed by atoms with van der Waals surface area (Å²) in [5, 5.41) is 6.54. The minimum absolute atomic E-state index is 0. The SMILES string of the molecule is CN(C)C(=O)c1cc(NC(=O)C2(C)CCCNC2)ccc1Cl.Cl. The van der Waals surface area contributed by atoms with Gasteiger partial charge in [0.2, 0.25) is 5.91 Å². The number of hydrogen-bond donors (Lipinski definition) is 2. The summed E-state index contributed by atoms with van der Waals surface area (Å²) in [6.07, 6.45) is 1.83. The Morgan fingerprint density at radius 1 is 1.35 bits per heavy atom. The number of piperidine rings is 1. The van der Waals surface area contributed by atoms with E-state index in [1.165, 1.54) is 4.90 Å². The Morgan fingerprint density at radius 3 is 2.61 bits per heavy atom. The molecule has 1 heterocycles. The Hall–Kier alpha value is -1.30. The number of rotatable bonds is 3. The van der Waals surface area contributed by atoms with Crippen molar-refractivity contribution in [1.82, 2.24) is 10.2 Å². The molecule has 1 saturated heterocycles. The smallest absolute Gasteiger partial charge is 0.254 e. The molecule has 0 saturated carbocycles. The maximum absolute atomic E-state index is 12.5. The van der Waals surface area contributed by atoms with Crippen molar-refractivity contribution >= 4 is 41.5 Å². The molecule has 1 aromatic rings. The van der Waals surface area contributed by atoms with Crippen molar-refractivity contribution in [2.45, 2.75) is 19.8 Å². The molecule has 0 bridgehead atoms. The minimum atomic E-state index is -0.427. The highest BCUT2D eigenvalue weighted by molar-refractivity contribution is 6.34. The molecular formula is C16H23Cl2N3O2. The van der Waals surface area contributed by atoms with E-state index in [2.05, 4.69) is 10.6 Å². The summed E-state index contributed by atoms with van der Waals surface area (Å²) in [4.78, 5) is 26.1. The Labute approximate surface area is 148 Å².